The maximum atomic E-state index is 12.0. The first kappa shape index (κ1) is 13.4. The van der Waals surface area contributed by atoms with E-state index < -0.39 is 0 Å². The van der Waals surface area contributed by atoms with E-state index in [-0.39, 0.29) is 30.4 Å². The molecule has 0 saturated heterocycles. The number of hydrogen-bond acceptors (Lipinski definition) is 3. The number of nitrogens with one attached hydrogen (secondary N) is 2. The van der Waals surface area contributed by atoms with Crippen LogP contribution < -0.4 is 15.5 Å². The van der Waals surface area contributed by atoms with Gasteiger partial charge in [-0.25, -0.2) is 0 Å². The fourth-order valence-corrected chi connectivity index (χ4v) is 2.03. The van der Waals surface area contributed by atoms with Crippen LogP contribution in [-0.2, 0) is 9.59 Å². The molecule has 2 N–H and O–H groups in total. The first-order valence-electron chi connectivity index (χ1n) is 6.31. The summed E-state index contributed by atoms with van der Waals surface area (Å²) in [5, 5.41) is 5.91. The molecule has 2 amide bonds. The Kier molecular flexibility index (Phi) is 3.46. The highest BCUT2D eigenvalue weighted by Gasteiger charge is 2.26. The smallest absolute Gasteiger partial charge is 0.246 e. The number of rotatable bonds is 2. The van der Waals surface area contributed by atoms with Crippen LogP contribution in [0.5, 0.6) is 0 Å². The number of carbonyl (C=O) groups is 2. The lowest BCUT2D eigenvalue weighted by molar-refractivity contribution is -0.124. The molecular weight excluding hydrogens is 242 g/mol. The van der Waals surface area contributed by atoms with Crippen molar-refractivity contribution in [3.05, 3.63) is 24.3 Å². The summed E-state index contributed by atoms with van der Waals surface area (Å²) in [5.74, 6) is -0.250. The molecule has 0 fully saturated rings. The summed E-state index contributed by atoms with van der Waals surface area (Å²) in [6.07, 6.45) is 0. The number of hydrogen-bond donors (Lipinski definition) is 2. The van der Waals surface area contributed by atoms with Crippen molar-refractivity contribution in [2.75, 3.05) is 23.3 Å². The van der Waals surface area contributed by atoms with Crippen molar-refractivity contribution in [1.29, 1.82) is 0 Å². The van der Waals surface area contributed by atoms with Gasteiger partial charge in [-0.2, -0.15) is 0 Å². The van der Waals surface area contributed by atoms with Gasteiger partial charge in [-0.05, 0) is 32.9 Å². The molecule has 0 radical (unpaired) electrons. The highest BCUT2D eigenvalue weighted by atomic mass is 16.2. The van der Waals surface area contributed by atoms with Gasteiger partial charge in [0.05, 0.1) is 17.9 Å². The predicted molar refractivity (Wildman–Crippen MR) is 75.2 cm³/mol. The van der Waals surface area contributed by atoms with E-state index in [1.165, 1.54) is 4.90 Å². The summed E-state index contributed by atoms with van der Waals surface area (Å²) < 4.78 is 0. The lowest BCUT2D eigenvalue weighted by Crippen LogP contribution is -2.49. The first-order valence-corrected chi connectivity index (χ1v) is 6.31. The Balaban J connectivity index is 2.16. The summed E-state index contributed by atoms with van der Waals surface area (Å²) in [4.78, 5) is 25.4. The summed E-state index contributed by atoms with van der Waals surface area (Å²) in [6, 6.07) is 7.49. The summed E-state index contributed by atoms with van der Waals surface area (Å²) in [7, 11) is 0. The van der Waals surface area contributed by atoms with Crippen LogP contribution in [0.3, 0.4) is 0 Å². The Morgan fingerprint density at radius 2 is 2.05 bits per heavy atom. The van der Waals surface area contributed by atoms with Crippen LogP contribution in [-0.4, -0.2) is 30.4 Å². The normalized spacial score (nSPS) is 14.7. The molecule has 102 valence electrons. The van der Waals surface area contributed by atoms with Crippen molar-refractivity contribution in [2.24, 2.45) is 0 Å². The summed E-state index contributed by atoms with van der Waals surface area (Å²) in [6.45, 7) is 6.02. The van der Waals surface area contributed by atoms with Gasteiger partial charge in [-0.3, -0.25) is 14.5 Å². The zero-order valence-corrected chi connectivity index (χ0v) is 11.5. The van der Waals surface area contributed by atoms with Gasteiger partial charge in [0.15, 0.2) is 0 Å². The monoisotopic (exact) mass is 261 g/mol. The molecule has 0 bridgehead atoms. The molecule has 5 nitrogen and oxygen atoms in total. The number of benzene rings is 1. The fourth-order valence-electron chi connectivity index (χ4n) is 2.03. The predicted octanol–water partition coefficient (Wildman–Crippen LogP) is 1.36. The van der Waals surface area contributed by atoms with E-state index in [1.807, 2.05) is 45.0 Å². The van der Waals surface area contributed by atoms with Gasteiger partial charge in [0.2, 0.25) is 11.8 Å². The Labute approximate surface area is 113 Å². The second kappa shape index (κ2) is 4.91. The average molecular weight is 261 g/mol. The van der Waals surface area contributed by atoms with Crippen LogP contribution in [0.4, 0.5) is 11.4 Å². The standard InChI is InChI=1S/C14H19N3O2/c1-14(2,3)16-12(18)9-17-11-7-5-4-6-10(11)15-8-13(17)19/h4-7,15H,8-9H2,1-3H3,(H,16,18). The number of amides is 2. The molecule has 5 heteroatoms. The minimum absolute atomic E-state index is 0.0504. The second-order valence-electron chi connectivity index (χ2n) is 5.65. The largest absolute Gasteiger partial charge is 0.374 e. The van der Waals surface area contributed by atoms with Crippen LogP contribution in [0.2, 0.25) is 0 Å². The molecule has 1 aliphatic rings. The Bertz CT molecular complexity index is 506. The third-order valence-electron chi connectivity index (χ3n) is 2.74. The SMILES string of the molecule is CC(C)(C)NC(=O)CN1C(=O)CNc2ccccc21. The molecule has 0 saturated carbocycles. The minimum Gasteiger partial charge on any atom is -0.374 e. The van der Waals surface area contributed by atoms with Gasteiger partial charge >= 0.3 is 0 Å². The topological polar surface area (TPSA) is 61.4 Å². The number of anilines is 2. The summed E-state index contributed by atoms with van der Waals surface area (Å²) >= 11 is 0. The molecule has 0 spiro atoms. The molecule has 0 unspecified atom stereocenters. The quantitative estimate of drug-likeness (QED) is 0.845. The van der Waals surface area contributed by atoms with E-state index in [9.17, 15) is 9.59 Å². The first-order chi connectivity index (χ1) is 8.87. The summed E-state index contributed by atoms with van der Waals surface area (Å²) in [5.41, 5.74) is 1.33. The van der Waals surface area contributed by atoms with Crippen molar-refractivity contribution < 1.29 is 9.59 Å². The highest BCUT2D eigenvalue weighted by Crippen LogP contribution is 2.28. The third kappa shape index (κ3) is 3.24. The van der Waals surface area contributed by atoms with Gasteiger partial charge in [0.1, 0.15) is 6.54 Å². The number of nitrogens with zero attached hydrogens (tertiary/aromatic N) is 1. The highest BCUT2D eigenvalue weighted by molar-refractivity contribution is 6.05. The van der Waals surface area contributed by atoms with Crippen LogP contribution in [0.15, 0.2) is 24.3 Å². The van der Waals surface area contributed by atoms with E-state index in [0.717, 1.165) is 11.4 Å². The van der Waals surface area contributed by atoms with Crippen molar-refractivity contribution in [3.8, 4) is 0 Å². The molecule has 19 heavy (non-hydrogen) atoms. The second-order valence-corrected chi connectivity index (χ2v) is 5.65. The molecular formula is C14H19N3O2. The van der Waals surface area contributed by atoms with Gasteiger partial charge < -0.3 is 10.6 Å². The van der Waals surface area contributed by atoms with Crippen LogP contribution in [0.25, 0.3) is 0 Å². The maximum Gasteiger partial charge on any atom is 0.246 e. The molecule has 1 aromatic carbocycles. The maximum absolute atomic E-state index is 12.0. The van der Waals surface area contributed by atoms with Crippen molar-refractivity contribution in [3.63, 3.8) is 0 Å². The van der Waals surface area contributed by atoms with Crippen molar-refractivity contribution >= 4 is 23.2 Å². The Morgan fingerprint density at radius 3 is 2.74 bits per heavy atom. The fraction of sp³-hybridized carbons (Fsp3) is 0.429. The van der Waals surface area contributed by atoms with Crippen LogP contribution >= 0.6 is 0 Å². The zero-order valence-electron chi connectivity index (χ0n) is 11.5. The van der Waals surface area contributed by atoms with Crippen molar-refractivity contribution in [1.82, 2.24) is 5.32 Å². The number of fused-ring (bicyclic) bond motifs is 1. The lowest BCUT2D eigenvalue weighted by Gasteiger charge is -2.30. The minimum atomic E-state index is -0.298. The molecule has 1 aromatic rings. The third-order valence-corrected chi connectivity index (χ3v) is 2.74. The molecule has 0 aromatic heterocycles. The van der Waals surface area contributed by atoms with E-state index in [0.29, 0.717) is 0 Å². The van der Waals surface area contributed by atoms with Gasteiger partial charge in [0, 0.05) is 5.54 Å². The molecule has 0 aliphatic carbocycles. The average Bonchev–Trinajstić information content (AvgIpc) is 2.31. The Hall–Kier alpha value is -2.04. The van der Waals surface area contributed by atoms with Gasteiger partial charge in [-0.1, -0.05) is 12.1 Å². The number of carbonyl (C=O) groups excluding carboxylic acids is 2. The molecule has 1 heterocycles. The van der Waals surface area contributed by atoms with E-state index >= 15 is 0 Å². The van der Waals surface area contributed by atoms with E-state index in [4.69, 9.17) is 0 Å². The van der Waals surface area contributed by atoms with Crippen LogP contribution in [0.1, 0.15) is 20.8 Å². The van der Waals surface area contributed by atoms with Crippen LogP contribution in [0, 0.1) is 0 Å². The van der Waals surface area contributed by atoms with Crippen molar-refractivity contribution in [2.45, 2.75) is 26.3 Å². The van der Waals surface area contributed by atoms with Gasteiger partial charge in [0.25, 0.3) is 0 Å². The van der Waals surface area contributed by atoms with E-state index in [1.54, 1.807) is 0 Å². The zero-order chi connectivity index (χ0) is 14.0. The Morgan fingerprint density at radius 1 is 1.37 bits per heavy atom. The number of para-hydroxylation sites is 2. The van der Waals surface area contributed by atoms with E-state index in [2.05, 4.69) is 10.6 Å². The molecule has 1 aliphatic heterocycles. The lowest BCUT2D eigenvalue weighted by atomic mass is 10.1. The van der Waals surface area contributed by atoms with Gasteiger partial charge in [-0.15, -0.1) is 0 Å². The molecule has 2 rings (SSSR count). The molecule has 0 atom stereocenters.